The number of para-hydroxylation sites is 3. The van der Waals surface area contributed by atoms with Gasteiger partial charge in [0.05, 0.1) is 32.2 Å². The first-order valence-corrected chi connectivity index (χ1v) is 10.3. The van der Waals surface area contributed by atoms with Crippen molar-refractivity contribution in [3.63, 3.8) is 0 Å². The third kappa shape index (κ3) is 4.05. The van der Waals surface area contributed by atoms with E-state index in [1.165, 1.54) is 16.2 Å². The van der Waals surface area contributed by atoms with Crippen LogP contribution in [0.1, 0.15) is 11.3 Å². The van der Waals surface area contributed by atoms with Crippen LogP contribution in [-0.4, -0.2) is 24.1 Å². The van der Waals surface area contributed by atoms with Gasteiger partial charge >= 0.3 is 0 Å². The van der Waals surface area contributed by atoms with Crippen molar-refractivity contribution in [3.8, 4) is 0 Å². The minimum atomic E-state index is -0.253. The van der Waals surface area contributed by atoms with Crippen LogP contribution in [0.3, 0.4) is 0 Å². The predicted molar refractivity (Wildman–Crippen MR) is 117 cm³/mol. The van der Waals surface area contributed by atoms with Crippen molar-refractivity contribution in [2.24, 2.45) is 4.99 Å². The summed E-state index contributed by atoms with van der Waals surface area (Å²) in [6.45, 7) is -0.0678. The van der Waals surface area contributed by atoms with Gasteiger partial charge < -0.3 is 10.2 Å². The number of rotatable bonds is 4. The van der Waals surface area contributed by atoms with E-state index < -0.39 is 0 Å². The van der Waals surface area contributed by atoms with Gasteiger partial charge in [-0.1, -0.05) is 30.3 Å². The molecule has 2 amide bonds. The summed E-state index contributed by atoms with van der Waals surface area (Å²) in [6.07, 6.45) is 0.139. The van der Waals surface area contributed by atoms with Gasteiger partial charge in [0.15, 0.2) is 0 Å². The molecule has 0 atom stereocenters. The minimum Gasteiger partial charge on any atom is -0.325 e. The summed E-state index contributed by atoms with van der Waals surface area (Å²) in [7, 11) is 0. The van der Waals surface area contributed by atoms with Crippen molar-refractivity contribution in [1.82, 2.24) is 0 Å². The lowest BCUT2D eigenvalue weighted by Gasteiger charge is -2.21. The highest BCUT2D eigenvalue weighted by molar-refractivity contribution is 9.11. The van der Waals surface area contributed by atoms with E-state index in [2.05, 4.69) is 21.2 Å². The molecule has 2 heterocycles. The predicted octanol–water partition coefficient (Wildman–Crippen LogP) is 5.01. The minimum absolute atomic E-state index is 0.0678. The number of carbonyl (C=O) groups is 2. The smallest absolute Gasteiger partial charge is 0.244 e. The van der Waals surface area contributed by atoms with Gasteiger partial charge in [-0.15, -0.1) is 11.3 Å². The molecule has 1 aliphatic rings. The lowest BCUT2D eigenvalue weighted by molar-refractivity contribution is -0.120. The number of benzene rings is 2. The number of hydrogen-bond acceptors (Lipinski definition) is 4. The van der Waals surface area contributed by atoms with Crippen molar-refractivity contribution in [2.75, 3.05) is 16.8 Å². The molecular formula is C21H16BrN3O2S. The van der Waals surface area contributed by atoms with Crippen LogP contribution in [0.4, 0.5) is 17.1 Å². The summed E-state index contributed by atoms with van der Waals surface area (Å²) >= 11 is 4.99. The van der Waals surface area contributed by atoms with E-state index in [4.69, 9.17) is 4.99 Å². The van der Waals surface area contributed by atoms with Gasteiger partial charge in [0.2, 0.25) is 11.8 Å². The molecule has 0 bridgehead atoms. The van der Waals surface area contributed by atoms with Crippen molar-refractivity contribution in [2.45, 2.75) is 6.42 Å². The topological polar surface area (TPSA) is 61.8 Å². The zero-order valence-corrected chi connectivity index (χ0v) is 17.2. The number of carbonyl (C=O) groups excluding carboxylic acids is 2. The zero-order valence-electron chi connectivity index (χ0n) is 14.8. The third-order valence-electron chi connectivity index (χ3n) is 4.26. The Balaban J connectivity index is 1.62. The first-order chi connectivity index (χ1) is 13.6. The highest BCUT2D eigenvalue weighted by Gasteiger charge is 2.27. The fraction of sp³-hybridized carbons (Fsp3) is 0.0952. The van der Waals surface area contributed by atoms with Crippen LogP contribution in [0.5, 0.6) is 0 Å². The van der Waals surface area contributed by atoms with E-state index in [1.54, 1.807) is 0 Å². The molecule has 28 heavy (non-hydrogen) atoms. The van der Waals surface area contributed by atoms with Gasteiger partial charge in [-0.2, -0.15) is 0 Å². The second kappa shape index (κ2) is 8.08. The molecule has 0 fully saturated rings. The van der Waals surface area contributed by atoms with E-state index in [-0.39, 0.29) is 24.8 Å². The average Bonchev–Trinajstić information content (AvgIpc) is 3.07. The monoisotopic (exact) mass is 453 g/mol. The number of hydrogen-bond donors (Lipinski definition) is 1. The van der Waals surface area contributed by atoms with Gasteiger partial charge in [-0.25, -0.2) is 4.99 Å². The van der Waals surface area contributed by atoms with Crippen LogP contribution in [-0.2, 0) is 9.59 Å². The number of halogens is 1. The SMILES string of the molecule is O=C(CN1C(=O)CC(c2ccc(Br)s2)=Nc2ccccc21)Nc1ccccc1. The summed E-state index contributed by atoms with van der Waals surface area (Å²) in [4.78, 5) is 32.7. The lowest BCUT2D eigenvalue weighted by atomic mass is 10.2. The Bertz CT molecular complexity index is 1060. The highest BCUT2D eigenvalue weighted by atomic mass is 79.9. The Kier molecular flexibility index (Phi) is 5.36. The number of nitrogens with zero attached hydrogens (tertiary/aromatic N) is 2. The molecule has 0 unspecified atom stereocenters. The van der Waals surface area contributed by atoms with Crippen LogP contribution in [0, 0.1) is 0 Å². The fourth-order valence-electron chi connectivity index (χ4n) is 3.00. The number of aliphatic imine (C=N–C) groups is 1. The molecule has 3 aromatic rings. The van der Waals surface area contributed by atoms with Gasteiger partial charge in [0, 0.05) is 5.69 Å². The fourth-order valence-corrected chi connectivity index (χ4v) is 4.37. The Morgan fingerprint density at radius 3 is 2.57 bits per heavy atom. The van der Waals surface area contributed by atoms with Gasteiger partial charge in [-0.05, 0) is 52.3 Å². The number of nitrogens with one attached hydrogen (secondary N) is 1. The van der Waals surface area contributed by atoms with Crippen LogP contribution in [0.15, 0.2) is 75.5 Å². The normalized spacial score (nSPS) is 13.5. The van der Waals surface area contributed by atoms with Crippen molar-refractivity contribution in [1.29, 1.82) is 0 Å². The van der Waals surface area contributed by atoms with E-state index in [1.807, 2.05) is 66.7 Å². The molecular weight excluding hydrogens is 438 g/mol. The van der Waals surface area contributed by atoms with Crippen molar-refractivity contribution >= 4 is 61.9 Å². The first-order valence-electron chi connectivity index (χ1n) is 8.68. The summed E-state index contributed by atoms with van der Waals surface area (Å²) in [5, 5.41) is 2.83. The average molecular weight is 454 g/mol. The number of anilines is 2. The Morgan fingerprint density at radius 1 is 1.07 bits per heavy atom. The molecule has 1 N–H and O–H groups in total. The second-order valence-electron chi connectivity index (χ2n) is 6.22. The van der Waals surface area contributed by atoms with E-state index in [0.29, 0.717) is 22.8 Å². The van der Waals surface area contributed by atoms with Crippen LogP contribution < -0.4 is 10.2 Å². The highest BCUT2D eigenvalue weighted by Crippen LogP contribution is 2.34. The van der Waals surface area contributed by atoms with E-state index in [0.717, 1.165) is 8.66 Å². The summed E-state index contributed by atoms with van der Waals surface area (Å²) in [6, 6.07) is 20.5. The largest absolute Gasteiger partial charge is 0.325 e. The molecule has 1 aliphatic heterocycles. The number of amides is 2. The second-order valence-corrected chi connectivity index (χ2v) is 8.68. The summed E-state index contributed by atoms with van der Waals surface area (Å²) in [5.74, 6) is -0.409. The molecule has 5 nitrogen and oxygen atoms in total. The maximum absolute atomic E-state index is 13.0. The van der Waals surface area contributed by atoms with Crippen LogP contribution in [0.25, 0.3) is 0 Å². The third-order valence-corrected chi connectivity index (χ3v) is 5.94. The van der Waals surface area contributed by atoms with Crippen LogP contribution >= 0.6 is 27.3 Å². The Morgan fingerprint density at radius 2 is 1.82 bits per heavy atom. The lowest BCUT2D eigenvalue weighted by Crippen LogP contribution is -2.38. The molecule has 140 valence electrons. The number of thiophene rings is 1. The molecule has 0 radical (unpaired) electrons. The Hall–Kier alpha value is -2.77. The molecule has 0 saturated heterocycles. The standard InChI is InChI=1S/C21H16BrN3O2S/c22-19-11-10-18(28-19)16-12-21(27)25(17-9-5-4-8-15(17)24-16)13-20(26)23-14-6-2-1-3-7-14/h1-11H,12-13H2,(H,23,26). The maximum atomic E-state index is 13.0. The van der Waals surface area contributed by atoms with Gasteiger partial charge in [0.1, 0.15) is 6.54 Å². The quantitative estimate of drug-likeness (QED) is 0.603. The van der Waals surface area contributed by atoms with Crippen LogP contribution in [0.2, 0.25) is 0 Å². The molecule has 4 rings (SSSR count). The molecule has 0 saturated carbocycles. The van der Waals surface area contributed by atoms with E-state index in [9.17, 15) is 9.59 Å². The molecule has 7 heteroatoms. The molecule has 0 spiro atoms. The number of fused-ring (bicyclic) bond motifs is 1. The van der Waals surface area contributed by atoms with Crippen molar-refractivity contribution < 1.29 is 9.59 Å². The molecule has 2 aromatic carbocycles. The summed E-state index contributed by atoms with van der Waals surface area (Å²) in [5.41, 5.74) is 2.73. The maximum Gasteiger partial charge on any atom is 0.244 e. The molecule has 1 aromatic heterocycles. The van der Waals surface area contributed by atoms with Gasteiger partial charge in [0.25, 0.3) is 0 Å². The van der Waals surface area contributed by atoms with Crippen molar-refractivity contribution in [3.05, 3.63) is 75.4 Å². The first kappa shape index (κ1) is 18.6. The van der Waals surface area contributed by atoms with E-state index >= 15 is 0 Å². The molecule has 0 aliphatic carbocycles. The zero-order chi connectivity index (χ0) is 19.5. The summed E-state index contributed by atoms with van der Waals surface area (Å²) < 4.78 is 0.981. The van der Waals surface area contributed by atoms with Gasteiger partial charge in [-0.3, -0.25) is 9.59 Å². The Labute approximate surface area is 174 Å².